The molecule has 2 aromatic rings. The van der Waals surface area contributed by atoms with Gasteiger partial charge in [0.15, 0.2) is 0 Å². The highest BCUT2D eigenvalue weighted by atomic mass is 14.6. The van der Waals surface area contributed by atoms with E-state index in [0.29, 0.717) is 0 Å². The van der Waals surface area contributed by atoms with Crippen LogP contribution in [0, 0.1) is 6.92 Å². The topological polar surface area (TPSA) is 26.0 Å². The Hall–Kier alpha value is -1.34. The Kier molecular flexibility index (Phi) is 3.02. The van der Waals surface area contributed by atoms with Crippen LogP contribution in [0.1, 0.15) is 24.4 Å². The van der Waals surface area contributed by atoms with Crippen molar-refractivity contribution in [3.63, 3.8) is 0 Å². The zero-order valence-corrected chi connectivity index (χ0v) is 8.82. The number of hydrogen-bond acceptors (Lipinski definition) is 1. The summed E-state index contributed by atoms with van der Waals surface area (Å²) >= 11 is 0. The van der Waals surface area contributed by atoms with E-state index >= 15 is 0 Å². The molecular formula is C14H16N. The van der Waals surface area contributed by atoms with Crippen molar-refractivity contribution in [2.45, 2.75) is 18.9 Å². The first kappa shape index (κ1) is 10.2. The van der Waals surface area contributed by atoms with Gasteiger partial charge in [0, 0.05) is 6.04 Å². The van der Waals surface area contributed by atoms with Crippen molar-refractivity contribution in [1.29, 1.82) is 0 Å². The van der Waals surface area contributed by atoms with E-state index in [0.717, 1.165) is 12.8 Å². The van der Waals surface area contributed by atoms with Crippen LogP contribution in [0.5, 0.6) is 0 Å². The van der Waals surface area contributed by atoms with Gasteiger partial charge in [0.25, 0.3) is 0 Å². The molecule has 0 fully saturated rings. The SMILES string of the molecule is [CH2]CCC(N)c1cccc2ccccc12. The van der Waals surface area contributed by atoms with Crippen LogP contribution in [0.3, 0.4) is 0 Å². The molecule has 1 radical (unpaired) electrons. The van der Waals surface area contributed by atoms with Crippen LogP contribution in [-0.4, -0.2) is 0 Å². The molecule has 0 aliphatic rings. The van der Waals surface area contributed by atoms with Gasteiger partial charge in [-0.15, -0.1) is 0 Å². The molecule has 2 aromatic carbocycles. The van der Waals surface area contributed by atoms with Crippen molar-refractivity contribution in [2.75, 3.05) is 0 Å². The van der Waals surface area contributed by atoms with Gasteiger partial charge in [0.2, 0.25) is 0 Å². The van der Waals surface area contributed by atoms with Crippen LogP contribution in [0.2, 0.25) is 0 Å². The summed E-state index contributed by atoms with van der Waals surface area (Å²) < 4.78 is 0. The molecule has 77 valence electrons. The van der Waals surface area contributed by atoms with E-state index in [4.69, 9.17) is 5.73 Å². The zero-order chi connectivity index (χ0) is 10.7. The second-order valence-electron chi connectivity index (χ2n) is 3.82. The third-order valence-corrected chi connectivity index (χ3v) is 2.74. The van der Waals surface area contributed by atoms with Gasteiger partial charge in [0.1, 0.15) is 0 Å². The number of fused-ring (bicyclic) bond motifs is 1. The van der Waals surface area contributed by atoms with Gasteiger partial charge in [-0.25, -0.2) is 0 Å². The van der Waals surface area contributed by atoms with E-state index in [2.05, 4.69) is 49.4 Å². The lowest BCUT2D eigenvalue weighted by Crippen LogP contribution is -2.10. The summed E-state index contributed by atoms with van der Waals surface area (Å²) in [6, 6.07) is 14.8. The highest BCUT2D eigenvalue weighted by Gasteiger charge is 2.07. The Morgan fingerprint density at radius 1 is 1.07 bits per heavy atom. The first-order valence-electron chi connectivity index (χ1n) is 5.35. The Bertz CT molecular complexity index is 443. The Morgan fingerprint density at radius 2 is 1.80 bits per heavy atom. The summed E-state index contributed by atoms with van der Waals surface area (Å²) in [5.74, 6) is 0. The van der Waals surface area contributed by atoms with Crippen molar-refractivity contribution in [1.82, 2.24) is 0 Å². The minimum absolute atomic E-state index is 0.105. The molecule has 0 heterocycles. The molecule has 0 aromatic heterocycles. The van der Waals surface area contributed by atoms with Crippen LogP contribution < -0.4 is 5.73 Å². The molecule has 1 nitrogen and oxygen atoms in total. The fourth-order valence-electron chi connectivity index (χ4n) is 1.95. The second kappa shape index (κ2) is 4.45. The lowest BCUT2D eigenvalue weighted by atomic mass is 9.97. The minimum atomic E-state index is 0.105. The zero-order valence-electron chi connectivity index (χ0n) is 8.82. The van der Waals surface area contributed by atoms with Gasteiger partial charge in [0.05, 0.1) is 0 Å². The first-order valence-corrected chi connectivity index (χ1v) is 5.35. The van der Waals surface area contributed by atoms with E-state index in [1.54, 1.807) is 0 Å². The Labute approximate surface area is 90.9 Å². The van der Waals surface area contributed by atoms with Crippen LogP contribution in [0.15, 0.2) is 42.5 Å². The van der Waals surface area contributed by atoms with Crippen LogP contribution in [-0.2, 0) is 0 Å². The van der Waals surface area contributed by atoms with Crippen molar-refractivity contribution in [3.05, 3.63) is 55.0 Å². The molecule has 15 heavy (non-hydrogen) atoms. The van der Waals surface area contributed by atoms with E-state index in [-0.39, 0.29) is 6.04 Å². The Balaban J connectivity index is 2.50. The molecule has 1 atom stereocenters. The summed E-state index contributed by atoms with van der Waals surface area (Å²) in [5, 5.41) is 2.52. The van der Waals surface area contributed by atoms with Gasteiger partial charge in [-0.1, -0.05) is 55.8 Å². The Morgan fingerprint density at radius 3 is 2.60 bits per heavy atom. The molecule has 0 aliphatic heterocycles. The van der Waals surface area contributed by atoms with Crippen LogP contribution >= 0.6 is 0 Å². The van der Waals surface area contributed by atoms with E-state index < -0.39 is 0 Å². The fourth-order valence-corrected chi connectivity index (χ4v) is 1.95. The second-order valence-corrected chi connectivity index (χ2v) is 3.82. The normalized spacial score (nSPS) is 12.9. The molecule has 0 spiro atoms. The summed E-state index contributed by atoms with van der Waals surface area (Å²) in [6.07, 6.45) is 1.82. The van der Waals surface area contributed by atoms with Crippen molar-refractivity contribution >= 4 is 10.8 Å². The van der Waals surface area contributed by atoms with Gasteiger partial charge in [-0.3, -0.25) is 0 Å². The maximum absolute atomic E-state index is 6.13. The monoisotopic (exact) mass is 198 g/mol. The summed E-state index contributed by atoms with van der Waals surface area (Å²) in [5.41, 5.74) is 7.36. The molecule has 1 heteroatoms. The number of nitrogens with two attached hydrogens (primary N) is 1. The smallest absolute Gasteiger partial charge is 0.0301 e. The van der Waals surface area contributed by atoms with E-state index in [9.17, 15) is 0 Å². The highest BCUT2D eigenvalue weighted by molar-refractivity contribution is 5.86. The predicted molar refractivity (Wildman–Crippen MR) is 65.5 cm³/mol. The molecule has 0 bridgehead atoms. The predicted octanol–water partition coefficient (Wildman–Crippen LogP) is 3.45. The average molecular weight is 198 g/mol. The first-order chi connectivity index (χ1) is 7.33. The maximum atomic E-state index is 6.13. The lowest BCUT2D eigenvalue weighted by Gasteiger charge is -2.13. The highest BCUT2D eigenvalue weighted by Crippen LogP contribution is 2.25. The minimum Gasteiger partial charge on any atom is -0.324 e. The average Bonchev–Trinajstić information content (AvgIpc) is 2.28. The molecule has 1 unspecified atom stereocenters. The summed E-state index contributed by atoms with van der Waals surface area (Å²) in [7, 11) is 0. The molecule has 2 rings (SSSR count). The largest absolute Gasteiger partial charge is 0.324 e. The van der Waals surface area contributed by atoms with Gasteiger partial charge in [-0.05, 0) is 22.8 Å². The molecule has 2 N–H and O–H groups in total. The number of rotatable bonds is 3. The molecule has 0 aliphatic carbocycles. The summed E-state index contributed by atoms with van der Waals surface area (Å²) in [4.78, 5) is 0. The number of benzene rings is 2. The summed E-state index contributed by atoms with van der Waals surface area (Å²) in [6.45, 7) is 3.85. The molecule has 0 saturated heterocycles. The third-order valence-electron chi connectivity index (χ3n) is 2.74. The van der Waals surface area contributed by atoms with E-state index in [1.807, 2.05) is 0 Å². The van der Waals surface area contributed by atoms with Crippen molar-refractivity contribution < 1.29 is 0 Å². The molecule has 0 saturated carbocycles. The quantitative estimate of drug-likeness (QED) is 0.803. The van der Waals surface area contributed by atoms with Gasteiger partial charge < -0.3 is 5.73 Å². The number of hydrogen-bond donors (Lipinski definition) is 1. The fraction of sp³-hybridized carbons (Fsp3) is 0.214. The van der Waals surface area contributed by atoms with Crippen molar-refractivity contribution in [2.24, 2.45) is 5.73 Å². The standard InChI is InChI=1S/C14H16N/c1-2-6-14(15)13-10-5-8-11-7-3-4-9-12(11)13/h3-5,7-10,14H,1-2,6,15H2. The van der Waals surface area contributed by atoms with Crippen molar-refractivity contribution in [3.8, 4) is 0 Å². The van der Waals surface area contributed by atoms with Gasteiger partial charge >= 0.3 is 0 Å². The maximum Gasteiger partial charge on any atom is 0.0301 e. The van der Waals surface area contributed by atoms with E-state index in [1.165, 1.54) is 16.3 Å². The molecule has 0 amide bonds. The lowest BCUT2D eigenvalue weighted by molar-refractivity contribution is 0.664. The van der Waals surface area contributed by atoms with Crippen LogP contribution in [0.25, 0.3) is 10.8 Å². The third kappa shape index (κ3) is 2.02. The van der Waals surface area contributed by atoms with Crippen LogP contribution in [0.4, 0.5) is 0 Å². The van der Waals surface area contributed by atoms with Gasteiger partial charge in [-0.2, -0.15) is 0 Å². The molecular weight excluding hydrogens is 182 g/mol.